The van der Waals surface area contributed by atoms with E-state index in [0.717, 1.165) is 69.3 Å². The van der Waals surface area contributed by atoms with Crippen LogP contribution in [0.1, 0.15) is 35.5 Å². The van der Waals surface area contributed by atoms with E-state index >= 15 is 0 Å². The molecule has 0 bridgehead atoms. The van der Waals surface area contributed by atoms with Crippen LogP contribution in [0, 0.1) is 13.8 Å². The number of nitrogens with zero attached hydrogens (tertiary/aromatic N) is 4. The monoisotopic (exact) mass is 380 g/mol. The quantitative estimate of drug-likeness (QED) is 0.713. The Bertz CT molecular complexity index is 770. The number of aryl methyl sites for hydroxylation is 2. The molecule has 5 nitrogen and oxygen atoms in total. The Hall–Kier alpha value is -2.24. The fourth-order valence-electron chi connectivity index (χ4n) is 3.83. The van der Waals surface area contributed by atoms with Gasteiger partial charge in [-0.25, -0.2) is 9.97 Å². The second kappa shape index (κ2) is 9.80. The van der Waals surface area contributed by atoms with E-state index < -0.39 is 0 Å². The second-order valence-corrected chi connectivity index (χ2v) is 7.63. The molecule has 5 heteroatoms. The number of piperazine rings is 1. The summed E-state index contributed by atoms with van der Waals surface area (Å²) in [5, 5.41) is 10.2. The summed E-state index contributed by atoms with van der Waals surface area (Å²) in [5.74, 6) is 1.90. The lowest BCUT2D eigenvalue weighted by Crippen LogP contribution is -2.49. The second-order valence-electron chi connectivity index (χ2n) is 7.63. The molecule has 1 aliphatic heterocycles. The molecule has 1 atom stereocenters. The van der Waals surface area contributed by atoms with Gasteiger partial charge in [0, 0.05) is 50.4 Å². The molecule has 1 aliphatic rings. The summed E-state index contributed by atoms with van der Waals surface area (Å²) in [4.78, 5) is 14.2. The first-order chi connectivity index (χ1) is 13.6. The first-order valence-electron chi connectivity index (χ1n) is 10.2. The maximum absolute atomic E-state index is 10.2. The van der Waals surface area contributed by atoms with Crippen LogP contribution in [0.2, 0.25) is 0 Å². The van der Waals surface area contributed by atoms with Gasteiger partial charge in [-0.15, -0.1) is 6.58 Å². The maximum atomic E-state index is 10.2. The molecule has 0 aliphatic carbocycles. The SMILES string of the molecule is C=CCC[C@H](O)CN1CCN(c2nc(C)nc(C)c2Cc2ccccc2)CC1. The summed E-state index contributed by atoms with van der Waals surface area (Å²) in [7, 11) is 0. The highest BCUT2D eigenvalue weighted by Crippen LogP contribution is 2.25. The number of benzene rings is 1. The molecule has 0 saturated carbocycles. The molecule has 0 amide bonds. The van der Waals surface area contributed by atoms with Gasteiger partial charge in [0.25, 0.3) is 0 Å². The van der Waals surface area contributed by atoms with Crippen molar-refractivity contribution in [2.75, 3.05) is 37.6 Å². The van der Waals surface area contributed by atoms with Crippen molar-refractivity contribution in [2.24, 2.45) is 0 Å². The van der Waals surface area contributed by atoms with Gasteiger partial charge < -0.3 is 10.0 Å². The van der Waals surface area contributed by atoms with Crippen molar-refractivity contribution in [2.45, 2.75) is 39.2 Å². The number of anilines is 1. The lowest BCUT2D eigenvalue weighted by molar-refractivity contribution is 0.103. The molecule has 150 valence electrons. The van der Waals surface area contributed by atoms with Gasteiger partial charge in [-0.05, 0) is 32.3 Å². The third kappa shape index (κ3) is 5.40. The van der Waals surface area contributed by atoms with Crippen LogP contribution >= 0.6 is 0 Å². The molecular weight excluding hydrogens is 348 g/mol. The molecule has 2 heterocycles. The molecule has 28 heavy (non-hydrogen) atoms. The predicted molar refractivity (Wildman–Crippen MR) is 115 cm³/mol. The zero-order valence-electron chi connectivity index (χ0n) is 17.1. The van der Waals surface area contributed by atoms with E-state index in [1.54, 1.807) is 0 Å². The van der Waals surface area contributed by atoms with Crippen LogP contribution in [0.25, 0.3) is 0 Å². The summed E-state index contributed by atoms with van der Waals surface area (Å²) in [5.41, 5.74) is 3.56. The summed E-state index contributed by atoms with van der Waals surface area (Å²) in [6.07, 6.45) is 4.10. The molecule has 1 aromatic heterocycles. The van der Waals surface area contributed by atoms with Crippen molar-refractivity contribution in [3.05, 3.63) is 65.6 Å². The zero-order valence-corrected chi connectivity index (χ0v) is 17.1. The van der Waals surface area contributed by atoms with Gasteiger partial charge in [-0.1, -0.05) is 36.4 Å². The number of rotatable bonds is 8. The molecule has 0 spiro atoms. The number of aliphatic hydroxyl groups excluding tert-OH is 1. The van der Waals surface area contributed by atoms with Crippen molar-refractivity contribution in [3.8, 4) is 0 Å². The van der Waals surface area contributed by atoms with E-state index in [4.69, 9.17) is 4.98 Å². The highest BCUT2D eigenvalue weighted by Gasteiger charge is 2.23. The Kier molecular flexibility index (Phi) is 7.18. The van der Waals surface area contributed by atoms with Crippen LogP contribution in [0.3, 0.4) is 0 Å². The first kappa shape index (κ1) is 20.5. The van der Waals surface area contributed by atoms with Crippen LogP contribution < -0.4 is 4.90 Å². The van der Waals surface area contributed by atoms with Crippen LogP contribution in [0.15, 0.2) is 43.0 Å². The third-order valence-electron chi connectivity index (χ3n) is 5.37. The van der Waals surface area contributed by atoms with Crippen molar-refractivity contribution in [1.29, 1.82) is 0 Å². The van der Waals surface area contributed by atoms with Crippen LogP contribution in [-0.4, -0.2) is 58.8 Å². The molecule has 0 unspecified atom stereocenters. The van der Waals surface area contributed by atoms with Crippen molar-refractivity contribution >= 4 is 5.82 Å². The third-order valence-corrected chi connectivity index (χ3v) is 5.37. The van der Waals surface area contributed by atoms with E-state index in [0.29, 0.717) is 0 Å². The van der Waals surface area contributed by atoms with Gasteiger partial charge in [-0.2, -0.15) is 0 Å². The summed E-state index contributed by atoms with van der Waals surface area (Å²) >= 11 is 0. The fraction of sp³-hybridized carbons (Fsp3) is 0.478. The normalized spacial score (nSPS) is 16.2. The minimum Gasteiger partial charge on any atom is -0.392 e. The lowest BCUT2D eigenvalue weighted by atomic mass is 10.0. The van der Waals surface area contributed by atoms with Gasteiger partial charge in [0.2, 0.25) is 0 Å². The van der Waals surface area contributed by atoms with E-state index in [1.807, 2.05) is 19.1 Å². The van der Waals surface area contributed by atoms with Crippen molar-refractivity contribution < 1.29 is 5.11 Å². The predicted octanol–water partition coefficient (Wildman–Crippen LogP) is 3.13. The highest BCUT2D eigenvalue weighted by atomic mass is 16.3. The topological polar surface area (TPSA) is 52.5 Å². The average molecular weight is 381 g/mol. The standard InChI is InChI=1S/C23H32N4O/c1-4-5-11-21(28)17-26-12-14-27(15-13-26)23-22(18(2)24-19(3)25-23)16-20-9-7-6-8-10-20/h4,6-10,21,28H,1,5,11-17H2,2-3H3/t21-/m0/s1. The van der Waals surface area contributed by atoms with Gasteiger partial charge in [0.1, 0.15) is 11.6 Å². The number of aliphatic hydroxyl groups is 1. The molecular formula is C23H32N4O. The first-order valence-corrected chi connectivity index (χ1v) is 10.2. The van der Waals surface area contributed by atoms with Gasteiger partial charge >= 0.3 is 0 Å². The Morgan fingerprint density at radius 1 is 1.11 bits per heavy atom. The van der Waals surface area contributed by atoms with Gasteiger partial charge in [0.15, 0.2) is 0 Å². The van der Waals surface area contributed by atoms with Crippen LogP contribution in [0.4, 0.5) is 5.82 Å². The van der Waals surface area contributed by atoms with Gasteiger partial charge in [-0.3, -0.25) is 4.90 Å². The fourth-order valence-corrected chi connectivity index (χ4v) is 3.83. The smallest absolute Gasteiger partial charge is 0.136 e. The lowest BCUT2D eigenvalue weighted by Gasteiger charge is -2.37. The summed E-state index contributed by atoms with van der Waals surface area (Å²) in [6, 6.07) is 10.5. The summed E-state index contributed by atoms with van der Waals surface area (Å²) in [6.45, 7) is 12.3. The van der Waals surface area contributed by atoms with Crippen LogP contribution in [-0.2, 0) is 6.42 Å². The van der Waals surface area contributed by atoms with E-state index in [1.165, 1.54) is 11.1 Å². The molecule has 1 fully saturated rings. The number of hydrogen-bond donors (Lipinski definition) is 1. The number of hydrogen-bond acceptors (Lipinski definition) is 5. The Labute approximate surface area is 168 Å². The maximum Gasteiger partial charge on any atom is 0.136 e. The Morgan fingerprint density at radius 3 is 2.50 bits per heavy atom. The molecule has 1 N–H and O–H groups in total. The molecule has 2 aromatic rings. The highest BCUT2D eigenvalue weighted by molar-refractivity contribution is 5.51. The van der Waals surface area contributed by atoms with E-state index in [-0.39, 0.29) is 6.10 Å². The van der Waals surface area contributed by atoms with Gasteiger partial charge in [0.05, 0.1) is 6.10 Å². The van der Waals surface area contributed by atoms with E-state index in [2.05, 4.69) is 52.6 Å². The molecule has 1 aromatic carbocycles. The Morgan fingerprint density at radius 2 is 1.82 bits per heavy atom. The van der Waals surface area contributed by atoms with Crippen molar-refractivity contribution in [1.82, 2.24) is 14.9 Å². The minimum atomic E-state index is -0.276. The number of aromatic nitrogens is 2. The zero-order chi connectivity index (χ0) is 19.9. The molecule has 1 saturated heterocycles. The minimum absolute atomic E-state index is 0.276. The number of β-amino-alcohol motifs (C(OH)–C–C–N with tert-alkyl or cyclic N) is 1. The molecule has 0 radical (unpaired) electrons. The molecule has 3 rings (SSSR count). The largest absolute Gasteiger partial charge is 0.392 e. The summed E-state index contributed by atoms with van der Waals surface area (Å²) < 4.78 is 0. The number of allylic oxidation sites excluding steroid dienone is 1. The van der Waals surface area contributed by atoms with Crippen LogP contribution in [0.5, 0.6) is 0 Å². The Balaban J connectivity index is 1.69. The van der Waals surface area contributed by atoms with E-state index in [9.17, 15) is 5.11 Å². The average Bonchev–Trinajstić information content (AvgIpc) is 2.70. The van der Waals surface area contributed by atoms with Crippen molar-refractivity contribution in [3.63, 3.8) is 0 Å².